The number of benzene rings is 1. The summed E-state index contributed by atoms with van der Waals surface area (Å²) >= 11 is 0. The van der Waals surface area contributed by atoms with Gasteiger partial charge in [0.1, 0.15) is 5.41 Å². The number of aromatic nitrogens is 2. The smallest absolute Gasteiger partial charge is 0.242 e. The monoisotopic (exact) mass is 340 g/mol. The number of rotatable bonds is 3. The van der Waals surface area contributed by atoms with Crippen LogP contribution in [0.4, 0.5) is 5.69 Å². The predicted molar refractivity (Wildman–Crippen MR) is 95.4 cm³/mol. The predicted octanol–water partition coefficient (Wildman–Crippen LogP) is 2.85. The number of carbonyl (C=O) groups excluding carboxylic acids is 1. The van der Waals surface area contributed by atoms with Crippen LogP contribution in [0.3, 0.4) is 0 Å². The molecule has 1 amide bonds. The normalized spacial score (nSPS) is 24.2. The minimum Gasteiger partial charge on any atom is -0.372 e. The van der Waals surface area contributed by atoms with Crippen molar-refractivity contribution in [2.24, 2.45) is 0 Å². The molecule has 3 heterocycles. The second-order valence-corrected chi connectivity index (χ2v) is 7.33. The Kier molecular flexibility index (Phi) is 3.98. The largest absolute Gasteiger partial charge is 0.372 e. The fourth-order valence-electron chi connectivity index (χ4n) is 3.76. The summed E-state index contributed by atoms with van der Waals surface area (Å²) in [6, 6.07) is 8.30. The van der Waals surface area contributed by atoms with Gasteiger partial charge < -0.3 is 14.3 Å². The Hall–Kier alpha value is -2.37. The second kappa shape index (κ2) is 6.17. The van der Waals surface area contributed by atoms with Crippen LogP contribution >= 0.6 is 0 Å². The average Bonchev–Trinajstić information content (AvgIpc) is 3.25. The number of piperidine rings is 1. The van der Waals surface area contributed by atoms with Crippen LogP contribution in [0.2, 0.25) is 0 Å². The summed E-state index contributed by atoms with van der Waals surface area (Å²) < 4.78 is 5.45. The minimum absolute atomic E-state index is 0.0446. The molecule has 0 bridgehead atoms. The van der Waals surface area contributed by atoms with Gasteiger partial charge >= 0.3 is 0 Å². The zero-order chi connectivity index (χ0) is 17.4. The maximum absolute atomic E-state index is 12.4. The zero-order valence-electron chi connectivity index (χ0n) is 14.9. The number of amides is 1. The summed E-state index contributed by atoms with van der Waals surface area (Å²) in [6.45, 7) is 4.85. The molecule has 25 heavy (non-hydrogen) atoms. The van der Waals surface area contributed by atoms with E-state index < -0.39 is 5.41 Å². The van der Waals surface area contributed by atoms with Gasteiger partial charge in [-0.3, -0.25) is 4.79 Å². The van der Waals surface area contributed by atoms with E-state index in [2.05, 4.69) is 27.2 Å². The number of hydrogen-bond donors (Lipinski definition) is 0. The molecule has 1 unspecified atom stereocenters. The minimum atomic E-state index is -0.701. The van der Waals surface area contributed by atoms with Crippen LogP contribution in [0.5, 0.6) is 0 Å². The number of anilines is 1. The summed E-state index contributed by atoms with van der Waals surface area (Å²) in [5, 5.41) is 4.11. The maximum Gasteiger partial charge on any atom is 0.242 e. The fraction of sp³-hybridized carbons (Fsp3) is 0.526. The summed E-state index contributed by atoms with van der Waals surface area (Å²) in [6.07, 6.45) is 4.55. The quantitative estimate of drug-likeness (QED) is 0.860. The summed E-state index contributed by atoms with van der Waals surface area (Å²) in [7, 11) is 1.81. The summed E-state index contributed by atoms with van der Waals surface area (Å²) in [4.78, 5) is 21.0. The third-order valence-corrected chi connectivity index (χ3v) is 5.51. The van der Waals surface area contributed by atoms with Crippen molar-refractivity contribution in [3.63, 3.8) is 0 Å². The second-order valence-electron chi connectivity index (χ2n) is 7.33. The van der Waals surface area contributed by atoms with E-state index in [1.54, 1.807) is 4.90 Å². The SMILES string of the molecule is CN1CCC(C)(c2nc(-c3ccc(N4CCCCC4)cc3)no2)C1=O. The molecule has 0 saturated carbocycles. The molecule has 1 atom stereocenters. The van der Waals surface area contributed by atoms with E-state index in [-0.39, 0.29) is 5.91 Å². The number of likely N-dealkylation sites (N-methyl/N-ethyl adjacent to an activating group) is 1. The Bertz CT molecular complexity index is 764. The molecule has 2 saturated heterocycles. The lowest BCUT2D eigenvalue weighted by atomic mass is 9.89. The van der Waals surface area contributed by atoms with Crippen molar-refractivity contribution >= 4 is 11.6 Å². The van der Waals surface area contributed by atoms with E-state index in [1.165, 1.54) is 24.9 Å². The van der Waals surface area contributed by atoms with Gasteiger partial charge in [0.25, 0.3) is 0 Å². The first-order valence-corrected chi connectivity index (χ1v) is 9.03. The maximum atomic E-state index is 12.4. The number of nitrogens with zero attached hydrogens (tertiary/aromatic N) is 4. The van der Waals surface area contributed by atoms with E-state index in [4.69, 9.17) is 4.52 Å². The third kappa shape index (κ3) is 2.79. The third-order valence-electron chi connectivity index (χ3n) is 5.51. The first kappa shape index (κ1) is 16.1. The Balaban J connectivity index is 1.55. The topological polar surface area (TPSA) is 62.5 Å². The lowest BCUT2D eigenvalue weighted by Crippen LogP contribution is -2.33. The molecule has 0 radical (unpaired) electrons. The molecular weight excluding hydrogens is 316 g/mol. The Morgan fingerprint density at radius 1 is 1.08 bits per heavy atom. The number of likely N-dealkylation sites (tertiary alicyclic amines) is 1. The van der Waals surface area contributed by atoms with Crippen molar-refractivity contribution in [1.29, 1.82) is 0 Å². The van der Waals surface area contributed by atoms with Crippen molar-refractivity contribution in [3.8, 4) is 11.4 Å². The van der Waals surface area contributed by atoms with Crippen LogP contribution in [0.25, 0.3) is 11.4 Å². The van der Waals surface area contributed by atoms with Gasteiger partial charge in [0.2, 0.25) is 17.6 Å². The standard InChI is InChI=1S/C19H24N4O2/c1-19(10-13-22(2)18(19)24)17-20-16(21-25-17)14-6-8-15(9-7-14)23-11-4-3-5-12-23/h6-9H,3-5,10-13H2,1-2H3. The zero-order valence-corrected chi connectivity index (χ0v) is 14.9. The van der Waals surface area contributed by atoms with E-state index >= 15 is 0 Å². The molecule has 2 aromatic rings. The van der Waals surface area contributed by atoms with Crippen LogP contribution in [0.1, 0.15) is 38.5 Å². The molecule has 2 fully saturated rings. The Morgan fingerprint density at radius 2 is 1.80 bits per heavy atom. The van der Waals surface area contributed by atoms with Gasteiger partial charge in [0.05, 0.1) is 0 Å². The van der Waals surface area contributed by atoms with E-state index in [0.29, 0.717) is 18.1 Å². The highest BCUT2D eigenvalue weighted by atomic mass is 16.5. The van der Waals surface area contributed by atoms with Crippen LogP contribution in [-0.2, 0) is 10.2 Å². The summed E-state index contributed by atoms with van der Waals surface area (Å²) in [5.74, 6) is 1.00. The highest BCUT2D eigenvalue weighted by Crippen LogP contribution is 2.34. The Morgan fingerprint density at radius 3 is 2.44 bits per heavy atom. The lowest BCUT2D eigenvalue weighted by molar-refractivity contribution is -0.131. The van der Waals surface area contributed by atoms with Crippen LogP contribution in [-0.4, -0.2) is 47.6 Å². The molecule has 132 valence electrons. The van der Waals surface area contributed by atoms with E-state index in [0.717, 1.165) is 25.2 Å². The number of hydrogen-bond acceptors (Lipinski definition) is 5. The summed E-state index contributed by atoms with van der Waals surface area (Å²) in [5.41, 5.74) is 1.46. The van der Waals surface area contributed by atoms with Gasteiger partial charge in [-0.2, -0.15) is 4.98 Å². The first-order valence-electron chi connectivity index (χ1n) is 9.03. The molecule has 6 heteroatoms. The van der Waals surface area contributed by atoms with Crippen LogP contribution < -0.4 is 4.90 Å². The average molecular weight is 340 g/mol. The molecule has 6 nitrogen and oxygen atoms in total. The van der Waals surface area contributed by atoms with Crippen molar-refractivity contribution in [3.05, 3.63) is 30.2 Å². The van der Waals surface area contributed by atoms with E-state index in [1.807, 2.05) is 26.1 Å². The van der Waals surface area contributed by atoms with Crippen LogP contribution in [0, 0.1) is 0 Å². The number of carbonyl (C=O) groups is 1. The van der Waals surface area contributed by atoms with Crippen molar-refractivity contribution < 1.29 is 9.32 Å². The van der Waals surface area contributed by atoms with Gasteiger partial charge in [-0.15, -0.1) is 0 Å². The molecular formula is C19H24N4O2. The molecule has 0 N–H and O–H groups in total. The van der Waals surface area contributed by atoms with Gasteiger partial charge in [-0.25, -0.2) is 0 Å². The molecule has 1 aromatic heterocycles. The molecule has 1 aromatic carbocycles. The van der Waals surface area contributed by atoms with Gasteiger partial charge in [-0.05, 0) is 56.9 Å². The van der Waals surface area contributed by atoms with E-state index in [9.17, 15) is 4.79 Å². The van der Waals surface area contributed by atoms with Crippen molar-refractivity contribution in [2.45, 2.75) is 38.0 Å². The molecule has 4 rings (SSSR count). The van der Waals surface area contributed by atoms with Gasteiger partial charge in [-0.1, -0.05) is 5.16 Å². The lowest BCUT2D eigenvalue weighted by Gasteiger charge is -2.28. The van der Waals surface area contributed by atoms with Crippen molar-refractivity contribution in [2.75, 3.05) is 31.6 Å². The molecule has 2 aliphatic heterocycles. The van der Waals surface area contributed by atoms with Gasteiger partial charge in [0.15, 0.2) is 0 Å². The van der Waals surface area contributed by atoms with Gasteiger partial charge in [0, 0.05) is 37.9 Å². The van der Waals surface area contributed by atoms with Crippen LogP contribution in [0.15, 0.2) is 28.8 Å². The molecule has 0 spiro atoms. The Labute approximate surface area is 147 Å². The molecule has 0 aliphatic carbocycles. The fourth-order valence-corrected chi connectivity index (χ4v) is 3.76. The van der Waals surface area contributed by atoms with Crippen molar-refractivity contribution in [1.82, 2.24) is 15.0 Å². The first-order chi connectivity index (χ1) is 12.1. The highest BCUT2D eigenvalue weighted by Gasteiger charge is 2.47. The highest BCUT2D eigenvalue weighted by molar-refractivity contribution is 5.88. The molecule has 2 aliphatic rings.